The highest BCUT2D eigenvalue weighted by molar-refractivity contribution is 9.10. The third-order valence-corrected chi connectivity index (χ3v) is 7.68. The third-order valence-electron chi connectivity index (χ3n) is 6.79. The van der Waals surface area contributed by atoms with Crippen LogP contribution in [0.2, 0.25) is 0 Å². The van der Waals surface area contributed by atoms with Gasteiger partial charge in [-0.15, -0.1) is 0 Å². The lowest BCUT2D eigenvalue weighted by Gasteiger charge is -2.36. The number of amides is 1. The van der Waals surface area contributed by atoms with Crippen LogP contribution in [0.15, 0.2) is 71.2 Å². The third kappa shape index (κ3) is 9.91. The van der Waals surface area contributed by atoms with E-state index in [4.69, 9.17) is 24.5 Å². The second kappa shape index (κ2) is 15.8. The van der Waals surface area contributed by atoms with Gasteiger partial charge in [-0.3, -0.25) is 9.69 Å². The van der Waals surface area contributed by atoms with Crippen molar-refractivity contribution in [3.63, 3.8) is 0 Å². The van der Waals surface area contributed by atoms with Crippen molar-refractivity contribution in [3.8, 4) is 5.75 Å². The summed E-state index contributed by atoms with van der Waals surface area (Å²) in [4.78, 5) is 35.9. The Labute approximate surface area is 248 Å². The highest BCUT2D eigenvalue weighted by Crippen LogP contribution is 2.32. The van der Waals surface area contributed by atoms with E-state index >= 15 is 0 Å². The number of methoxy groups -OCH3 is 1. The van der Waals surface area contributed by atoms with Crippen molar-refractivity contribution in [1.29, 1.82) is 0 Å². The van der Waals surface area contributed by atoms with Crippen LogP contribution >= 0.6 is 15.9 Å². The number of benzene rings is 3. The van der Waals surface area contributed by atoms with E-state index in [2.05, 4.69) is 61.4 Å². The number of unbranched alkanes of at least 4 members (excludes halogenated alkanes) is 1. The van der Waals surface area contributed by atoms with E-state index in [1.165, 1.54) is 18.4 Å². The van der Waals surface area contributed by atoms with E-state index in [9.17, 15) is 4.79 Å². The van der Waals surface area contributed by atoms with Gasteiger partial charge in [-0.2, -0.15) is 0 Å². The average Bonchev–Trinajstić information content (AvgIpc) is 2.98. The molecule has 0 radical (unpaired) electrons. The Morgan fingerprint density at radius 3 is 2.20 bits per heavy atom. The Balaban J connectivity index is 0.000000696. The van der Waals surface area contributed by atoms with Gasteiger partial charge in [0.25, 0.3) is 5.91 Å². The van der Waals surface area contributed by atoms with Gasteiger partial charge in [0.1, 0.15) is 5.75 Å². The number of carboxylic acid groups (broad SMARTS) is 2. The number of nitrogens with one attached hydrogen (secondary N) is 1. The fraction of sp³-hybridized carbons (Fsp3) is 0.323. The van der Waals surface area contributed by atoms with Crippen LogP contribution in [0, 0.1) is 6.92 Å². The Morgan fingerprint density at radius 2 is 1.59 bits per heavy atom. The van der Waals surface area contributed by atoms with Crippen LogP contribution in [0.4, 0.5) is 11.4 Å². The summed E-state index contributed by atoms with van der Waals surface area (Å²) in [6.45, 7) is 7.07. The molecule has 0 aromatic heterocycles. The summed E-state index contributed by atoms with van der Waals surface area (Å²) in [6.07, 6.45) is 3.59. The number of anilines is 2. The van der Waals surface area contributed by atoms with Crippen LogP contribution in [0.5, 0.6) is 5.75 Å². The van der Waals surface area contributed by atoms with Gasteiger partial charge in [0.2, 0.25) is 0 Å². The molecule has 0 aliphatic carbocycles. The minimum Gasteiger partial charge on any atom is -0.495 e. The largest absolute Gasteiger partial charge is 0.495 e. The first-order valence-electron chi connectivity index (χ1n) is 13.4. The summed E-state index contributed by atoms with van der Waals surface area (Å²) in [6, 6.07) is 22.2. The molecule has 218 valence electrons. The molecule has 1 aliphatic rings. The summed E-state index contributed by atoms with van der Waals surface area (Å²) in [5, 5.41) is 17.8. The fourth-order valence-corrected chi connectivity index (χ4v) is 4.77. The zero-order valence-corrected chi connectivity index (χ0v) is 24.9. The van der Waals surface area contributed by atoms with E-state index in [-0.39, 0.29) is 5.91 Å². The number of nitrogens with zero attached hydrogens (tertiary/aromatic N) is 2. The van der Waals surface area contributed by atoms with E-state index in [1.807, 2.05) is 43.3 Å². The van der Waals surface area contributed by atoms with Gasteiger partial charge < -0.3 is 25.2 Å². The van der Waals surface area contributed by atoms with Crippen molar-refractivity contribution >= 4 is 45.2 Å². The van der Waals surface area contributed by atoms with Crippen LogP contribution in [-0.4, -0.2) is 72.8 Å². The first kappa shape index (κ1) is 31.6. The van der Waals surface area contributed by atoms with Gasteiger partial charge in [-0.1, -0.05) is 46.3 Å². The van der Waals surface area contributed by atoms with E-state index < -0.39 is 11.9 Å². The lowest BCUT2D eigenvalue weighted by molar-refractivity contribution is -0.159. The molecular weight excluding hydrogens is 590 g/mol. The highest BCUT2D eigenvalue weighted by atomic mass is 79.9. The first-order chi connectivity index (χ1) is 19.7. The quantitative estimate of drug-likeness (QED) is 0.216. The zero-order chi connectivity index (χ0) is 29.8. The summed E-state index contributed by atoms with van der Waals surface area (Å²) in [5.41, 5.74) is 4.90. The molecule has 3 aromatic rings. The molecule has 0 bridgehead atoms. The van der Waals surface area contributed by atoms with E-state index in [0.717, 1.165) is 66.3 Å². The van der Waals surface area contributed by atoms with Crippen molar-refractivity contribution in [2.24, 2.45) is 0 Å². The minimum absolute atomic E-state index is 0.114. The maximum Gasteiger partial charge on any atom is 0.414 e. The van der Waals surface area contributed by atoms with Crippen LogP contribution < -0.4 is 15.0 Å². The molecule has 0 atom stereocenters. The molecule has 1 saturated heterocycles. The molecular formula is C31H36BrN3O6. The SMILES string of the molecule is COc1ccc(NC(=O)c2ccc(Br)c(C)c2)cc1N1CCN(CCCCc2ccccc2)CC1.O=C(O)C(=O)O. The molecule has 0 saturated carbocycles. The molecule has 9 nitrogen and oxygen atoms in total. The second-order valence-corrected chi connectivity index (χ2v) is 10.5. The standard InChI is InChI=1S/C29H34BrN3O2.C2H2O4/c1-22-20-24(11-13-26(22)30)29(34)31-25-12-14-28(35-2)27(21-25)33-18-16-32(17-19-33)15-7-6-10-23-8-4-3-5-9-23;3-1(4)2(5)6/h3-5,8-9,11-14,20-21H,6-7,10,15-19H2,1-2H3,(H,31,34);(H,3,4)(H,5,6). The Bertz CT molecular complexity index is 1310. The molecule has 41 heavy (non-hydrogen) atoms. The summed E-state index contributed by atoms with van der Waals surface area (Å²) in [7, 11) is 1.70. The Hall–Kier alpha value is -3.89. The number of aliphatic carboxylic acids is 2. The van der Waals surface area contributed by atoms with E-state index in [0.29, 0.717) is 5.56 Å². The van der Waals surface area contributed by atoms with Crippen molar-refractivity contribution in [1.82, 2.24) is 4.90 Å². The topological polar surface area (TPSA) is 119 Å². The number of ether oxygens (including phenoxy) is 1. The zero-order valence-electron chi connectivity index (χ0n) is 23.3. The minimum atomic E-state index is -1.82. The molecule has 1 amide bonds. The van der Waals surface area contributed by atoms with Gasteiger partial charge in [-0.05, 0) is 80.3 Å². The predicted molar refractivity (Wildman–Crippen MR) is 163 cm³/mol. The normalized spacial score (nSPS) is 13.1. The summed E-state index contributed by atoms with van der Waals surface area (Å²) in [5.74, 6) is -2.93. The molecule has 3 N–H and O–H groups in total. The predicted octanol–water partition coefficient (Wildman–Crippen LogP) is 5.32. The Kier molecular flexibility index (Phi) is 12.2. The number of carbonyl (C=O) groups excluding carboxylic acids is 1. The van der Waals surface area contributed by atoms with Crippen LogP contribution in [0.3, 0.4) is 0 Å². The number of hydrogen-bond acceptors (Lipinski definition) is 6. The summed E-state index contributed by atoms with van der Waals surface area (Å²) >= 11 is 3.49. The molecule has 4 rings (SSSR count). The number of rotatable bonds is 9. The number of carbonyl (C=O) groups is 3. The molecule has 10 heteroatoms. The van der Waals surface area contributed by atoms with Crippen molar-refractivity contribution in [2.45, 2.75) is 26.2 Å². The maximum absolute atomic E-state index is 12.8. The van der Waals surface area contributed by atoms with Crippen molar-refractivity contribution in [3.05, 3.63) is 87.9 Å². The molecule has 0 spiro atoms. The molecule has 3 aromatic carbocycles. The number of carboxylic acids is 2. The number of hydrogen-bond donors (Lipinski definition) is 3. The molecule has 0 unspecified atom stereocenters. The lowest BCUT2D eigenvalue weighted by atomic mass is 10.1. The van der Waals surface area contributed by atoms with Gasteiger partial charge in [0.15, 0.2) is 0 Å². The van der Waals surface area contributed by atoms with Crippen LogP contribution in [0.1, 0.15) is 34.3 Å². The number of piperazine rings is 1. The number of aryl methyl sites for hydroxylation is 2. The van der Waals surface area contributed by atoms with Crippen molar-refractivity contribution < 1.29 is 29.3 Å². The van der Waals surface area contributed by atoms with Crippen LogP contribution in [0.25, 0.3) is 0 Å². The van der Waals surface area contributed by atoms with Crippen LogP contribution in [-0.2, 0) is 16.0 Å². The van der Waals surface area contributed by atoms with Gasteiger partial charge >= 0.3 is 11.9 Å². The van der Waals surface area contributed by atoms with E-state index in [1.54, 1.807) is 7.11 Å². The smallest absolute Gasteiger partial charge is 0.414 e. The molecule has 1 heterocycles. The molecule has 1 aliphatic heterocycles. The molecule has 1 fully saturated rings. The second-order valence-electron chi connectivity index (χ2n) is 9.69. The maximum atomic E-state index is 12.8. The van der Waals surface area contributed by atoms with Gasteiger partial charge in [0, 0.05) is 41.9 Å². The summed E-state index contributed by atoms with van der Waals surface area (Å²) < 4.78 is 6.64. The fourth-order valence-electron chi connectivity index (χ4n) is 4.53. The highest BCUT2D eigenvalue weighted by Gasteiger charge is 2.20. The Morgan fingerprint density at radius 1 is 0.902 bits per heavy atom. The average molecular weight is 627 g/mol. The monoisotopic (exact) mass is 625 g/mol. The number of halogens is 1. The van der Waals surface area contributed by atoms with Crippen molar-refractivity contribution in [2.75, 3.05) is 50.1 Å². The van der Waals surface area contributed by atoms with Gasteiger partial charge in [0.05, 0.1) is 12.8 Å². The van der Waals surface area contributed by atoms with Gasteiger partial charge in [-0.25, -0.2) is 9.59 Å². The first-order valence-corrected chi connectivity index (χ1v) is 14.2. The lowest BCUT2D eigenvalue weighted by Crippen LogP contribution is -2.46.